The van der Waals surface area contributed by atoms with Crippen molar-refractivity contribution < 1.29 is 0 Å². The number of likely N-dealkylation sites (tertiary alicyclic amines) is 1. The molecule has 14 heavy (non-hydrogen) atoms. The van der Waals surface area contributed by atoms with Crippen molar-refractivity contribution in [2.24, 2.45) is 11.3 Å². The topological polar surface area (TPSA) is 3.24 Å². The van der Waals surface area contributed by atoms with E-state index in [1.54, 1.807) is 0 Å². The van der Waals surface area contributed by atoms with Crippen molar-refractivity contribution in [1.29, 1.82) is 0 Å². The van der Waals surface area contributed by atoms with E-state index in [0.29, 0.717) is 5.41 Å². The third-order valence-corrected chi connectivity index (χ3v) is 4.34. The molecule has 1 saturated heterocycles. The molecule has 0 aromatic carbocycles. The molecule has 0 radical (unpaired) electrons. The van der Waals surface area contributed by atoms with E-state index in [1.807, 2.05) is 0 Å². The van der Waals surface area contributed by atoms with Gasteiger partial charge < -0.3 is 0 Å². The minimum atomic E-state index is 0.473. The number of hydrogen-bond donors (Lipinski definition) is 0. The first kappa shape index (κ1) is 10.5. The Morgan fingerprint density at radius 1 is 1.21 bits per heavy atom. The molecule has 2 fully saturated rings. The highest BCUT2D eigenvalue weighted by atomic mass is 15.2. The van der Waals surface area contributed by atoms with Crippen LogP contribution in [0.25, 0.3) is 0 Å². The molecular weight excluding hydrogens is 170 g/mol. The third kappa shape index (κ3) is 1.60. The predicted octanol–water partition coefficient (Wildman–Crippen LogP) is 3.30. The first-order valence-corrected chi connectivity index (χ1v) is 6.29. The fourth-order valence-corrected chi connectivity index (χ4v) is 3.69. The van der Waals surface area contributed by atoms with Crippen molar-refractivity contribution in [3.05, 3.63) is 0 Å². The predicted molar refractivity (Wildman–Crippen MR) is 61.4 cm³/mol. The first-order valence-electron chi connectivity index (χ1n) is 6.29. The van der Waals surface area contributed by atoms with Crippen LogP contribution in [0.4, 0.5) is 0 Å². The zero-order valence-corrected chi connectivity index (χ0v) is 10.2. The maximum Gasteiger partial charge on any atom is 0.0150 e. The molecule has 0 N–H and O–H groups in total. The maximum atomic E-state index is 2.79. The van der Waals surface area contributed by atoms with E-state index in [1.165, 1.54) is 32.2 Å². The van der Waals surface area contributed by atoms with Gasteiger partial charge in [-0.15, -0.1) is 0 Å². The summed E-state index contributed by atoms with van der Waals surface area (Å²) in [6.45, 7) is 10.8. The molecule has 1 heterocycles. The number of nitrogens with zero attached hydrogens (tertiary/aromatic N) is 1. The van der Waals surface area contributed by atoms with Crippen LogP contribution in [0.2, 0.25) is 0 Å². The molecule has 3 atom stereocenters. The van der Waals surface area contributed by atoms with E-state index in [4.69, 9.17) is 0 Å². The largest absolute Gasteiger partial charge is 0.297 e. The second kappa shape index (κ2) is 3.52. The van der Waals surface area contributed by atoms with Gasteiger partial charge in [0.1, 0.15) is 0 Å². The Hall–Kier alpha value is -0.0400. The van der Waals surface area contributed by atoms with Gasteiger partial charge in [-0.2, -0.15) is 0 Å². The number of fused-ring (bicyclic) bond motifs is 1. The molecule has 1 aliphatic carbocycles. The molecule has 3 unspecified atom stereocenters. The Kier molecular flexibility index (Phi) is 2.63. The van der Waals surface area contributed by atoms with Crippen LogP contribution in [0, 0.1) is 11.3 Å². The fraction of sp³-hybridized carbons (Fsp3) is 1.00. The van der Waals surface area contributed by atoms with Crippen LogP contribution in [0.1, 0.15) is 53.4 Å². The molecule has 82 valence electrons. The zero-order valence-electron chi connectivity index (χ0n) is 10.2. The summed E-state index contributed by atoms with van der Waals surface area (Å²) in [5, 5.41) is 0. The molecule has 0 bridgehead atoms. The van der Waals surface area contributed by atoms with Gasteiger partial charge in [0.05, 0.1) is 0 Å². The summed E-state index contributed by atoms with van der Waals surface area (Å²) < 4.78 is 0. The fourth-order valence-electron chi connectivity index (χ4n) is 3.69. The van der Waals surface area contributed by atoms with Gasteiger partial charge >= 0.3 is 0 Å². The first-order chi connectivity index (χ1) is 6.54. The van der Waals surface area contributed by atoms with Gasteiger partial charge in [-0.3, -0.25) is 4.90 Å². The SMILES string of the molecule is CCN1C2CCCC2CC1C(C)(C)C. The van der Waals surface area contributed by atoms with E-state index >= 15 is 0 Å². The molecule has 2 aliphatic rings. The standard InChI is InChI=1S/C13H25N/c1-5-14-11-8-6-7-10(11)9-12(14)13(2,3)4/h10-12H,5-9H2,1-4H3. The Balaban J connectivity index is 2.14. The van der Waals surface area contributed by atoms with Gasteiger partial charge in [0.15, 0.2) is 0 Å². The van der Waals surface area contributed by atoms with Crippen LogP contribution < -0.4 is 0 Å². The Morgan fingerprint density at radius 3 is 2.50 bits per heavy atom. The van der Waals surface area contributed by atoms with E-state index in [9.17, 15) is 0 Å². The minimum Gasteiger partial charge on any atom is -0.297 e. The molecule has 1 nitrogen and oxygen atoms in total. The molecule has 0 amide bonds. The lowest BCUT2D eigenvalue weighted by Crippen LogP contribution is -2.42. The number of hydrogen-bond acceptors (Lipinski definition) is 1. The lowest BCUT2D eigenvalue weighted by atomic mass is 9.83. The van der Waals surface area contributed by atoms with Crippen LogP contribution in [0.3, 0.4) is 0 Å². The summed E-state index contributed by atoms with van der Waals surface area (Å²) in [5.41, 5.74) is 0.473. The van der Waals surface area contributed by atoms with Gasteiger partial charge in [-0.05, 0) is 37.1 Å². The van der Waals surface area contributed by atoms with Crippen LogP contribution in [0.15, 0.2) is 0 Å². The zero-order chi connectivity index (χ0) is 10.3. The molecule has 1 heteroatoms. The van der Waals surface area contributed by atoms with Crippen LogP contribution in [-0.2, 0) is 0 Å². The van der Waals surface area contributed by atoms with E-state index in [2.05, 4.69) is 32.6 Å². The van der Waals surface area contributed by atoms with Crippen LogP contribution in [-0.4, -0.2) is 23.5 Å². The summed E-state index contributed by atoms with van der Waals surface area (Å²) in [4.78, 5) is 2.79. The highest BCUT2D eigenvalue weighted by Crippen LogP contribution is 2.45. The van der Waals surface area contributed by atoms with Crippen LogP contribution >= 0.6 is 0 Å². The summed E-state index contributed by atoms with van der Waals surface area (Å²) in [6, 6.07) is 1.77. The summed E-state index contributed by atoms with van der Waals surface area (Å²) in [6.07, 6.45) is 5.89. The maximum absolute atomic E-state index is 2.79. The Bertz CT molecular complexity index is 204. The average molecular weight is 195 g/mol. The van der Waals surface area contributed by atoms with Gasteiger partial charge in [-0.1, -0.05) is 34.1 Å². The normalized spacial score (nSPS) is 39.0. The lowest BCUT2D eigenvalue weighted by Gasteiger charge is -2.37. The van der Waals surface area contributed by atoms with E-state index < -0.39 is 0 Å². The minimum absolute atomic E-state index is 0.473. The number of rotatable bonds is 1. The molecule has 2 rings (SSSR count). The monoisotopic (exact) mass is 195 g/mol. The second-order valence-electron chi connectivity index (χ2n) is 6.21. The summed E-state index contributed by atoms with van der Waals surface area (Å²) in [5.74, 6) is 1.03. The van der Waals surface area contributed by atoms with Gasteiger partial charge in [-0.25, -0.2) is 0 Å². The van der Waals surface area contributed by atoms with Crippen LogP contribution in [0.5, 0.6) is 0 Å². The van der Waals surface area contributed by atoms with Crippen molar-refractivity contribution in [2.75, 3.05) is 6.54 Å². The summed E-state index contributed by atoms with van der Waals surface area (Å²) in [7, 11) is 0. The summed E-state index contributed by atoms with van der Waals surface area (Å²) >= 11 is 0. The molecule has 0 spiro atoms. The Labute approximate surface area is 88.9 Å². The molecule has 0 aromatic heterocycles. The van der Waals surface area contributed by atoms with Crippen molar-refractivity contribution in [3.63, 3.8) is 0 Å². The molecule has 1 aliphatic heterocycles. The third-order valence-electron chi connectivity index (χ3n) is 4.34. The van der Waals surface area contributed by atoms with Gasteiger partial charge in [0.2, 0.25) is 0 Å². The smallest absolute Gasteiger partial charge is 0.0150 e. The van der Waals surface area contributed by atoms with Gasteiger partial charge in [0.25, 0.3) is 0 Å². The quantitative estimate of drug-likeness (QED) is 0.620. The molecule has 0 aromatic rings. The van der Waals surface area contributed by atoms with Gasteiger partial charge in [0, 0.05) is 12.1 Å². The second-order valence-corrected chi connectivity index (χ2v) is 6.21. The van der Waals surface area contributed by atoms with E-state index in [-0.39, 0.29) is 0 Å². The van der Waals surface area contributed by atoms with Crippen molar-refractivity contribution in [1.82, 2.24) is 4.90 Å². The average Bonchev–Trinajstić information content (AvgIpc) is 2.58. The highest BCUT2D eigenvalue weighted by molar-refractivity contribution is 5.00. The molecular formula is C13H25N. The van der Waals surface area contributed by atoms with Crippen molar-refractivity contribution in [3.8, 4) is 0 Å². The Morgan fingerprint density at radius 2 is 1.93 bits per heavy atom. The van der Waals surface area contributed by atoms with E-state index in [0.717, 1.165) is 18.0 Å². The van der Waals surface area contributed by atoms with Crippen molar-refractivity contribution in [2.45, 2.75) is 65.5 Å². The molecule has 1 saturated carbocycles. The van der Waals surface area contributed by atoms with Crippen molar-refractivity contribution >= 4 is 0 Å². The highest BCUT2D eigenvalue weighted by Gasteiger charge is 2.46. The lowest BCUT2D eigenvalue weighted by molar-refractivity contribution is 0.112.